The number of anilines is 1. The first-order chi connectivity index (χ1) is 16.3. The van der Waals surface area contributed by atoms with E-state index in [9.17, 15) is 14.4 Å². The number of aromatic nitrogens is 3. The zero-order valence-corrected chi connectivity index (χ0v) is 19.5. The molecule has 9 nitrogen and oxygen atoms in total. The van der Waals surface area contributed by atoms with E-state index in [0.29, 0.717) is 17.5 Å². The molecule has 1 aliphatic heterocycles. The average Bonchev–Trinajstić information content (AvgIpc) is 3.20. The molecule has 0 aliphatic carbocycles. The second kappa shape index (κ2) is 10.1. The first-order valence-corrected chi connectivity index (χ1v) is 11.6. The Balaban J connectivity index is 1.50. The van der Waals surface area contributed by atoms with Gasteiger partial charge in [-0.05, 0) is 38.1 Å². The maximum atomic E-state index is 12.8. The van der Waals surface area contributed by atoms with Crippen molar-refractivity contribution >= 4 is 29.6 Å². The molecule has 2 heterocycles. The first-order valence-electron chi connectivity index (χ1n) is 10.7. The topological polar surface area (TPSA) is 126 Å². The van der Waals surface area contributed by atoms with Gasteiger partial charge in [0, 0.05) is 6.42 Å². The normalized spacial score (nSPS) is 19.5. The van der Waals surface area contributed by atoms with Crippen molar-refractivity contribution < 1.29 is 19.1 Å². The van der Waals surface area contributed by atoms with Crippen molar-refractivity contribution in [2.75, 3.05) is 12.3 Å². The van der Waals surface area contributed by atoms with Crippen molar-refractivity contribution in [3.05, 3.63) is 87.6 Å². The van der Waals surface area contributed by atoms with Crippen LogP contribution in [0.5, 0.6) is 0 Å². The van der Waals surface area contributed by atoms with Gasteiger partial charge < -0.3 is 15.2 Å². The van der Waals surface area contributed by atoms with Gasteiger partial charge in [-0.3, -0.25) is 4.57 Å². The highest BCUT2D eigenvalue weighted by molar-refractivity contribution is 8.00. The van der Waals surface area contributed by atoms with E-state index in [1.54, 1.807) is 24.3 Å². The van der Waals surface area contributed by atoms with Crippen molar-refractivity contribution in [3.63, 3.8) is 0 Å². The van der Waals surface area contributed by atoms with Crippen LogP contribution < -0.4 is 11.4 Å². The van der Waals surface area contributed by atoms with Crippen LogP contribution in [0.4, 0.5) is 5.95 Å². The number of ether oxygens (including phenoxy) is 2. The summed E-state index contributed by atoms with van der Waals surface area (Å²) in [6.45, 7) is 3.86. The number of hydrogen-bond donors (Lipinski definition) is 1. The third-order valence-corrected chi connectivity index (χ3v) is 6.97. The molecule has 0 amide bonds. The fourth-order valence-electron chi connectivity index (χ4n) is 3.52. The Hall–Kier alpha value is -3.66. The predicted molar refractivity (Wildman–Crippen MR) is 128 cm³/mol. The molecule has 10 heteroatoms. The van der Waals surface area contributed by atoms with Gasteiger partial charge in [0.1, 0.15) is 19.0 Å². The minimum atomic E-state index is -0.598. The number of thioether (sulfide) groups is 1. The molecule has 0 radical (unpaired) electrons. The Bertz CT molecular complexity index is 1240. The molecule has 1 aliphatic rings. The van der Waals surface area contributed by atoms with Crippen molar-refractivity contribution in [2.45, 2.75) is 37.0 Å². The van der Waals surface area contributed by atoms with Crippen molar-refractivity contribution in [2.24, 2.45) is 0 Å². The lowest BCUT2D eigenvalue weighted by Gasteiger charge is -2.19. The zero-order chi connectivity index (χ0) is 24.2. The van der Waals surface area contributed by atoms with E-state index in [-0.39, 0.29) is 12.6 Å². The lowest BCUT2D eigenvalue weighted by Crippen LogP contribution is -2.30. The van der Waals surface area contributed by atoms with Crippen LogP contribution in [-0.4, -0.2) is 44.4 Å². The van der Waals surface area contributed by atoms with Crippen LogP contribution in [0.1, 0.15) is 43.6 Å². The molecule has 0 unspecified atom stereocenters. The summed E-state index contributed by atoms with van der Waals surface area (Å²) in [5.74, 6) is -1.07. The first kappa shape index (κ1) is 23.5. The molecule has 0 saturated carbocycles. The standard InChI is InChI=1S/C24H24N4O5S/c1-14-3-7-16(8-4-14)21(29)32-12-19-18(33-22(30)17-9-5-15(2)6-10-17)11-20(34-19)28-13-26-23(25)27-24(28)31/h3-10,13,18-20H,11-12H2,1-2H3,(H2,25,27,31)/t18-,19+,20-/m0/s1. The van der Waals surface area contributed by atoms with Gasteiger partial charge in [-0.2, -0.15) is 4.98 Å². The molecular formula is C24H24N4O5S. The quantitative estimate of drug-likeness (QED) is 0.530. The molecule has 3 atom stereocenters. The number of benzene rings is 2. The number of esters is 2. The van der Waals surface area contributed by atoms with E-state index in [0.717, 1.165) is 11.1 Å². The van der Waals surface area contributed by atoms with Crippen LogP contribution in [0.15, 0.2) is 59.7 Å². The van der Waals surface area contributed by atoms with E-state index in [2.05, 4.69) is 9.97 Å². The summed E-state index contributed by atoms with van der Waals surface area (Å²) >= 11 is 1.36. The van der Waals surface area contributed by atoms with E-state index >= 15 is 0 Å². The van der Waals surface area contributed by atoms with Crippen molar-refractivity contribution in [1.82, 2.24) is 14.5 Å². The van der Waals surface area contributed by atoms with Gasteiger partial charge in [0.15, 0.2) is 0 Å². The van der Waals surface area contributed by atoms with Gasteiger partial charge >= 0.3 is 17.6 Å². The summed E-state index contributed by atoms with van der Waals surface area (Å²) in [5.41, 5.74) is 7.86. The van der Waals surface area contributed by atoms with Crippen LogP contribution >= 0.6 is 11.8 Å². The van der Waals surface area contributed by atoms with E-state index in [4.69, 9.17) is 15.2 Å². The Morgan fingerprint density at radius 3 is 2.21 bits per heavy atom. The molecule has 0 spiro atoms. The van der Waals surface area contributed by atoms with Crippen LogP contribution in [0, 0.1) is 13.8 Å². The number of carbonyl (C=O) groups excluding carboxylic acids is 2. The fraction of sp³-hybridized carbons (Fsp3) is 0.292. The highest BCUT2D eigenvalue weighted by atomic mass is 32.2. The highest BCUT2D eigenvalue weighted by Crippen LogP contribution is 2.42. The fourth-order valence-corrected chi connectivity index (χ4v) is 4.99. The smallest absolute Gasteiger partial charge is 0.353 e. The SMILES string of the molecule is Cc1ccc(C(=O)OC[C@H]2S[C@H](n3cnc(N)nc3=O)C[C@@H]2OC(=O)c2ccc(C)cc2)cc1. The summed E-state index contributed by atoms with van der Waals surface area (Å²) in [6, 6.07) is 14.1. The summed E-state index contributed by atoms with van der Waals surface area (Å²) in [5, 5.41) is -0.801. The molecule has 34 heavy (non-hydrogen) atoms. The molecule has 1 aromatic heterocycles. The summed E-state index contributed by atoms with van der Waals surface area (Å²) in [6.07, 6.45) is 1.04. The summed E-state index contributed by atoms with van der Waals surface area (Å²) in [4.78, 5) is 45.2. The van der Waals surface area contributed by atoms with Gasteiger partial charge in [0.05, 0.1) is 21.8 Å². The number of hydrogen-bond acceptors (Lipinski definition) is 9. The Morgan fingerprint density at radius 1 is 1.03 bits per heavy atom. The number of nitrogens with two attached hydrogens (primary N) is 1. The third-order valence-electron chi connectivity index (χ3n) is 5.45. The van der Waals surface area contributed by atoms with Gasteiger partial charge in [-0.1, -0.05) is 35.4 Å². The number of rotatable bonds is 6. The average molecular weight is 481 g/mol. The summed E-state index contributed by atoms with van der Waals surface area (Å²) < 4.78 is 12.7. The molecule has 176 valence electrons. The Morgan fingerprint density at radius 2 is 1.62 bits per heavy atom. The van der Waals surface area contributed by atoms with E-state index in [1.807, 2.05) is 38.1 Å². The van der Waals surface area contributed by atoms with Crippen LogP contribution in [0.2, 0.25) is 0 Å². The van der Waals surface area contributed by atoms with Crippen LogP contribution in [0.3, 0.4) is 0 Å². The second-order valence-electron chi connectivity index (χ2n) is 8.04. The Kier molecular flexibility index (Phi) is 6.97. The summed E-state index contributed by atoms with van der Waals surface area (Å²) in [7, 11) is 0. The third kappa shape index (κ3) is 5.45. The highest BCUT2D eigenvalue weighted by Gasteiger charge is 2.40. The zero-order valence-electron chi connectivity index (χ0n) is 18.7. The predicted octanol–water partition coefficient (Wildman–Crippen LogP) is 2.92. The number of nitrogens with zero attached hydrogens (tertiary/aromatic N) is 3. The van der Waals surface area contributed by atoms with Crippen molar-refractivity contribution in [1.29, 1.82) is 0 Å². The number of nitrogen functional groups attached to an aromatic ring is 1. The molecule has 1 saturated heterocycles. The van der Waals surface area contributed by atoms with E-state index < -0.39 is 34.4 Å². The Labute approximate surface area is 200 Å². The van der Waals surface area contributed by atoms with Gasteiger partial charge in [-0.15, -0.1) is 11.8 Å². The van der Waals surface area contributed by atoms with Gasteiger partial charge in [-0.25, -0.2) is 19.4 Å². The second-order valence-corrected chi connectivity index (χ2v) is 9.47. The molecular weight excluding hydrogens is 456 g/mol. The maximum Gasteiger partial charge on any atom is 0.353 e. The minimum absolute atomic E-state index is 0.00427. The molecule has 0 bridgehead atoms. The monoisotopic (exact) mass is 480 g/mol. The lowest BCUT2D eigenvalue weighted by atomic mass is 10.1. The number of carbonyl (C=O) groups is 2. The minimum Gasteiger partial charge on any atom is -0.461 e. The lowest BCUT2D eigenvalue weighted by molar-refractivity contribution is 0.0204. The van der Waals surface area contributed by atoms with Gasteiger partial charge in [0.25, 0.3) is 0 Å². The molecule has 2 aromatic carbocycles. The van der Waals surface area contributed by atoms with Crippen LogP contribution in [-0.2, 0) is 9.47 Å². The molecule has 4 rings (SSSR count). The van der Waals surface area contributed by atoms with Crippen molar-refractivity contribution in [3.8, 4) is 0 Å². The molecule has 1 fully saturated rings. The maximum absolute atomic E-state index is 12.8. The largest absolute Gasteiger partial charge is 0.461 e. The molecule has 3 aromatic rings. The van der Waals surface area contributed by atoms with Gasteiger partial charge in [0.2, 0.25) is 5.95 Å². The molecule has 2 N–H and O–H groups in total. The number of aryl methyl sites for hydroxylation is 2. The van der Waals surface area contributed by atoms with Crippen LogP contribution in [0.25, 0.3) is 0 Å². The van der Waals surface area contributed by atoms with E-state index in [1.165, 1.54) is 22.7 Å².